The van der Waals surface area contributed by atoms with Gasteiger partial charge in [-0.3, -0.25) is 4.72 Å². The molecule has 0 aliphatic heterocycles. The van der Waals surface area contributed by atoms with Crippen LogP contribution in [0.25, 0.3) is 0 Å². The molecule has 21 heavy (non-hydrogen) atoms. The first kappa shape index (κ1) is 15.6. The predicted octanol–water partition coefficient (Wildman–Crippen LogP) is 2.54. The lowest BCUT2D eigenvalue weighted by molar-refractivity contribution is 0.403. The van der Waals surface area contributed by atoms with Crippen LogP contribution in [0.5, 0.6) is 5.75 Å². The number of hydrogen-bond donors (Lipinski definition) is 2. The SMILES string of the molecule is COc1cc(N)ccc1S(=O)(=O)Nc1ccc(Br)nc1C. The Kier molecular flexibility index (Phi) is 4.38. The first-order valence-corrected chi connectivity index (χ1v) is 8.20. The average Bonchev–Trinajstić information content (AvgIpc) is 2.41. The van der Waals surface area contributed by atoms with Crippen molar-refractivity contribution in [2.24, 2.45) is 0 Å². The fourth-order valence-corrected chi connectivity index (χ4v) is 3.41. The van der Waals surface area contributed by atoms with E-state index in [1.807, 2.05) is 0 Å². The maximum Gasteiger partial charge on any atom is 0.265 e. The summed E-state index contributed by atoms with van der Waals surface area (Å²) in [7, 11) is -2.40. The van der Waals surface area contributed by atoms with Gasteiger partial charge in [-0.1, -0.05) is 0 Å². The van der Waals surface area contributed by atoms with E-state index in [1.54, 1.807) is 19.1 Å². The first-order chi connectivity index (χ1) is 9.83. The van der Waals surface area contributed by atoms with Gasteiger partial charge < -0.3 is 10.5 Å². The number of pyridine rings is 1. The van der Waals surface area contributed by atoms with Crippen LogP contribution < -0.4 is 15.2 Å². The first-order valence-electron chi connectivity index (χ1n) is 5.93. The quantitative estimate of drug-likeness (QED) is 0.635. The molecule has 0 amide bonds. The Morgan fingerprint density at radius 1 is 1.29 bits per heavy atom. The number of rotatable bonds is 4. The standard InChI is InChI=1S/C13H14BrN3O3S/c1-8-10(4-6-13(14)16-8)17-21(18,19)12-5-3-9(15)7-11(12)20-2/h3-7,17H,15H2,1-2H3. The number of benzene rings is 1. The Bertz CT molecular complexity index is 778. The Morgan fingerprint density at radius 2 is 2.00 bits per heavy atom. The maximum absolute atomic E-state index is 12.5. The number of sulfonamides is 1. The highest BCUT2D eigenvalue weighted by Crippen LogP contribution is 2.28. The van der Waals surface area contributed by atoms with Gasteiger partial charge >= 0.3 is 0 Å². The molecule has 2 aromatic rings. The van der Waals surface area contributed by atoms with Gasteiger partial charge in [-0.15, -0.1) is 0 Å². The Morgan fingerprint density at radius 3 is 2.62 bits per heavy atom. The Balaban J connectivity index is 2.43. The lowest BCUT2D eigenvalue weighted by atomic mass is 10.3. The van der Waals surface area contributed by atoms with Crippen LogP contribution in [0.4, 0.5) is 11.4 Å². The summed E-state index contributed by atoms with van der Waals surface area (Å²) in [6.45, 7) is 1.71. The monoisotopic (exact) mass is 371 g/mol. The van der Waals surface area contributed by atoms with Gasteiger partial charge in [-0.2, -0.15) is 0 Å². The van der Waals surface area contributed by atoms with Gasteiger partial charge in [0.2, 0.25) is 0 Å². The molecule has 1 aromatic heterocycles. The van der Waals surface area contributed by atoms with Gasteiger partial charge in [0.25, 0.3) is 10.0 Å². The van der Waals surface area contributed by atoms with E-state index in [4.69, 9.17) is 10.5 Å². The third-order valence-electron chi connectivity index (χ3n) is 2.77. The summed E-state index contributed by atoms with van der Waals surface area (Å²) in [5, 5.41) is 0. The molecule has 1 aromatic carbocycles. The van der Waals surface area contributed by atoms with E-state index in [0.29, 0.717) is 21.7 Å². The molecular formula is C13H14BrN3O3S. The highest BCUT2D eigenvalue weighted by Gasteiger charge is 2.20. The van der Waals surface area contributed by atoms with E-state index in [9.17, 15) is 8.42 Å². The number of nitrogens with two attached hydrogens (primary N) is 1. The molecule has 6 nitrogen and oxygen atoms in total. The fraction of sp³-hybridized carbons (Fsp3) is 0.154. The van der Waals surface area contributed by atoms with Crippen molar-refractivity contribution in [3.05, 3.63) is 40.6 Å². The minimum Gasteiger partial charge on any atom is -0.495 e. The Labute approximate surface area is 131 Å². The molecule has 0 bridgehead atoms. The fourth-order valence-electron chi connectivity index (χ4n) is 1.74. The van der Waals surface area contributed by atoms with Crippen molar-refractivity contribution in [2.75, 3.05) is 17.6 Å². The molecule has 3 N–H and O–H groups in total. The van der Waals surface area contributed by atoms with Crippen molar-refractivity contribution in [1.82, 2.24) is 4.98 Å². The number of ether oxygens (including phenoxy) is 1. The van der Waals surface area contributed by atoms with Gasteiger partial charge in [0.15, 0.2) is 0 Å². The normalized spacial score (nSPS) is 11.2. The van der Waals surface area contributed by atoms with Gasteiger partial charge in [-0.25, -0.2) is 13.4 Å². The van der Waals surface area contributed by atoms with E-state index in [-0.39, 0.29) is 10.6 Å². The predicted molar refractivity (Wildman–Crippen MR) is 84.9 cm³/mol. The van der Waals surface area contributed by atoms with Crippen LogP contribution in [0.3, 0.4) is 0 Å². The van der Waals surface area contributed by atoms with Gasteiger partial charge in [0.1, 0.15) is 15.2 Å². The minimum absolute atomic E-state index is 0.0153. The van der Waals surface area contributed by atoms with E-state index in [1.165, 1.54) is 25.3 Å². The molecule has 0 aliphatic carbocycles. The molecule has 0 saturated carbocycles. The largest absolute Gasteiger partial charge is 0.495 e. The molecule has 0 unspecified atom stereocenters. The smallest absolute Gasteiger partial charge is 0.265 e. The van der Waals surface area contributed by atoms with Crippen molar-refractivity contribution >= 4 is 37.3 Å². The number of nitrogens with zero attached hydrogens (tertiary/aromatic N) is 1. The maximum atomic E-state index is 12.5. The zero-order valence-corrected chi connectivity index (χ0v) is 13.8. The number of aromatic nitrogens is 1. The molecular weight excluding hydrogens is 358 g/mol. The molecule has 112 valence electrons. The van der Waals surface area contributed by atoms with Crippen LogP contribution in [0.2, 0.25) is 0 Å². The third kappa shape index (κ3) is 3.45. The molecule has 0 aliphatic rings. The van der Waals surface area contributed by atoms with Crippen molar-refractivity contribution < 1.29 is 13.2 Å². The summed E-state index contributed by atoms with van der Waals surface area (Å²) >= 11 is 3.23. The molecule has 1 heterocycles. The van der Waals surface area contributed by atoms with E-state index >= 15 is 0 Å². The van der Waals surface area contributed by atoms with Crippen LogP contribution in [-0.4, -0.2) is 20.5 Å². The van der Waals surface area contributed by atoms with E-state index in [0.717, 1.165) is 0 Å². The summed E-state index contributed by atoms with van der Waals surface area (Å²) in [5.74, 6) is 0.185. The van der Waals surface area contributed by atoms with Crippen molar-refractivity contribution in [3.63, 3.8) is 0 Å². The molecule has 2 rings (SSSR count). The highest BCUT2D eigenvalue weighted by molar-refractivity contribution is 9.10. The summed E-state index contributed by atoms with van der Waals surface area (Å²) < 4.78 is 33.1. The topological polar surface area (TPSA) is 94.3 Å². The average molecular weight is 372 g/mol. The number of nitrogens with one attached hydrogen (secondary N) is 1. The number of methoxy groups -OCH3 is 1. The van der Waals surface area contributed by atoms with Crippen molar-refractivity contribution in [2.45, 2.75) is 11.8 Å². The van der Waals surface area contributed by atoms with Crippen molar-refractivity contribution in [3.8, 4) is 5.75 Å². The number of hydrogen-bond acceptors (Lipinski definition) is 5. The van der Waals surface area contributed by atoms with E-state index < -0.39 is 10.0 Å². The van der Waals surface area contributed by atoms with Crippen molar-refractivity contribution in [1.29, 1.82) is 0 Å². The van der Waals surface area contributed by atoms with Gasteiger partial charge in [0.05, 0.1) is 18.5 Å². The second kappa shape index (κ2) is 5.90. The summed E-state index contributed by atoms with van der Waals surface area (Å²) in [6, 6.07) is 7.65. The lowest BCUT2D eigenvalue weighted by Crippen LogP contribution is -2.15. The van der Waals surface area contributed by atoms with Crippen LogP contribution in [-0.2, 0) is 10.0 Å². The number of anilines is 2. The van der Waals surface area contributed by atoms with E-state index in [2.05, 4.69) is 25.6 Å². The summed E-state index contributed by atoms with van der Waals surface area (Å²) in [6.07, 6.45) is 0. The van der Waals surface area contributed by atoms with Crippen LogP contribution in [0.1, 0.15) is 5.69 Å². The molecule has 0 spiro atoms. The molecule has 8 heteroatoms. The molecule has 0 atom stereocenters. The molecule has 0 saturated heterocycles. The van der Waals surface area contributed by atoms with Crippen LogP contribution >= 0.6 is 15.9 Å². The van der Waals surface area contributed by atoms with Gasteiger partial charge in [-0.05, 0) is 47.1 Å². The lowest BCUT2D eigenvalue weighted by Gasteiger charge is -2.13. The zero-order chi connectivity index (χ0) is 15.6. The van der Waals surface area contributed by atoms with Gasteiger partial charge in [0, 0.05) is 11.8 Å². The minimum atomic E-state index is -3.79. The van der Waals surface area contributed by atoms with Crippen LogP contribution in [0, 0.1) is 6.92 Å². The molecule has 0 radical (unpaired) electrons. The zero-order valence-electron chi connectivity index (χ0n) is 11.4. The second-order valence-corrected chi connectivity index (χ2v) is 6.75. The molecule has 0 fully saturated rings. The Hall–Kier alpha value is -1.80. The summed E-state index contributed by atoms with van der Waals surface area (Å²) in [5.41, 5.74) is 7.01. The third-order valence-corrected chi connectivity index (χ3v) is 4.62. The van der Waals surface area contributed by atoms with Crippen LogP contribution in [0.15, 0.2) is 39.8 Å². The number of aryl methyl sites for hydroxylation is 1. The number of nitrogen functional groups attached to an aromatic ring is 1. The summed E-state index contributed by atoms with van der Waals surface area (Å²) in [4.78, 5) is 4.16. The highest BCUT2D eigenvalue weighted by atomic mass is 79.9. The number of halogens is 1. The second-order valence-electron chi connectivity index (χ2n) is 4.28.